The Labute approximate surface area is 56.1 Å². The lowest BCUT2D eigenvalue weighted by Gasteiger charge is -1.93. The summed E-state index contributed by atoms with van der Waals surface area (Å²) < 4.78 is 12.3. The average molecular weight is 141 g/mol. The second-order valence-corrected chi connectivity index (χ2v) is 1.70. The van der Waals surface area contributed by atoms with Gasteiger partial charge < -0.3 is 5.11 Å². The lowest BCUT2D eigenvalue weighted by Crippen LogP contribution is -1.73. The maximum atomic E-state index is 12.3. The highest BCUT2D eigenvalue weighted by molar-refractivity contribution is 5.50. The highest BCUT2D eigenvalue weighted by Crippen LogP contribution is 2.27. The van der Waals surface area contributed by atoms with Crippen molar-refractivity contribution in [2.75, 3.05) is 0 Å². The van der Waals surface area contributed by atoms with E-state index in [9.17, 15) is 9.30 Å². The molecule has 1 N–H and O–H groups in total. The van der Waals surface area contributed by atoms with Gasteiger partial charge in [0.15, 0.2) is 17.3 Å². The molecule has 0 aliphatic rings. The zero-order valence-electron chi connectivity index (χ0n) is 4.91. The Morgan fingerprint density at radius 2 is 2.20 bits per heavy atom. The maximum absolute atomic E-state index is 12.3. The Kier molecular flexibility index (Phi) is 1.62. The predicted octanol–water partition coefficient (Wildman–Crippen LogP) is 1.93. The molecule has 0 heterocycles. The summed E-state index contributed by atoms with van der Waals surface area (Å²) in [5, 5.41) is 11.1. The fraction of sp³-hybridized carbons (Fsp3) is 0. The van der Waals surface area contributed by atoms with Crippen LogP contribution in [0.15, 0.2) is 23.4 Å². The molecule has 0 fully saturated rings. The van der Waals surface area contributed by atoms with Gasteiger partial charge in [0, 0.05) is 0 Å². The topological polar surface area (TPSA) is 49.7 Å². The number of benzene rings is 1. The molecule has 0 atom stereocenters. The fourth-order valence-electron chi connectivity index (χ4n) is 0.578. The van der Waals surface area contributed by atoms with E-state index in [1.54, 1.807) is 0 Å². The standard InChI is InChI=1S/C6H4FNO2/c7-4-2-1-3-5(8-10)6(4)9/h1-3,9H. The van der Waals surface area contributed by atoms with E-state index in [4.69, 9.17) is 5.11 Å². The molecule has 0 aromatic heterocycles. The van der Waals surface area contributed by atoms with Gasteiger partial charge in [0.25, 0.3) is 0 Å². The summed E-state index contributed by atoms with van der Waals surface area (Å²) in [6.45, 7) is 0. The van der Waals surface area contributed by atoms with Gasteiger partial charge in [0.2, 0.25) is 0 Å². The Bertz CT molecular complexity index is 262. The zero-order chi connectivity index (χ0) is 7.56. The van der Waals surface area contributed by atoms with Crippen molar-refractivity contribution in [3.63, 3.8) is 0 Å². The van der Waals surface area contributed by atoms with Gasteiger partial charge in [0.05, 0.1) is 0 Å². The van der Waals surface area contributed by atoms with Crippen molar-refractivity contribution in [1.29, 1.82) is 0 Å². The van der Waals surface area contributed by atoms with E-state index in [0.717, 1.165) is 6.07 Å². The first-order chi connectivity index (χ1) is 4.75. The molecule has 1 aromatic carbocycles. The minimum Gasteiger partial charge on any atom is -0.503 e. The number of hydrogen-bond acceptors (Lipinski definition) is 3. The van der Waals surface area contributed by atoms with Crippen LogP contribution in [0.5, 0.6) is 5.75 Å². The van der Waals surface area contributed by atoms with Crippen molar-refractivity contribution < 1.29 is 9.50 Å². The minimum atomic E-state index is -0.836. The highest BCUT2D eigenvalue weighted by Gasteiger charge is 2.04. The summed E-state index contributed by atoms with van der Waals surface area (Å²) in [6, 6.07) is 3.57. The van der Waals surface area contributed by atoms with Gasteiger partial charge in [-0.2, -0.15) is 0 Å². The molecule has 0 bridgehead atoms. The van der Waals surface area contributed by atoms with Crippen molar-refractivity contribution in [3.05, 3.63) is 28.9 Å². The summed E-state index contributed by atoms with van der Waals surface area (Å²) in [5.74, 6) is -1.53. The van der Waals surface area contributed by atoms with Crippen LogP contribution in [0.3, 0.4) is 0 Å². The Hall–Kier alpha value is -1.45. The van der Waals surface area contributed by atoms with Crippen LogP contribution < -0.4 is 0 Å². The second-order valence-electron chi connectivity index (χ2n) is 1.70. The first kappa shape index (κ1) is 6.67. The van der Waals surface area contributed by atoms with Gasteiger partial charge in [-0.05, 0) is 17.3 Å². The molecule has 3 nitrogen and oxygen atoms in total. The highest BCUT2D eigenvalue weighted by atomic mass is 19.1. The molecular formula is C6H4FNO2. The number of hydrogen-bond donors (Lipinski definition) is 1. The summed E-state index contributed by atoms with van der Waals surface area (Å²) in [7, 11) is 0. The van der Waals surface area contributed by atoms with Crippen molar-refractivity contribution in [2.24, 2.45) is 5.18 Å². The molecule has 0 spiro atoms. The number of nitrogens with zero attached hydrogens (tertiary/aromatic N) is 1. The molecule has 0 radical (unpaired) electrons. The van der Waals surface area contributed by atoms with Gasteiger partial charge in [0.1, 0.15) is 0 Å². The van der Waals surface area contributed by atoms with Crippen LogP contribution in [-0.2, 0) is 0 Å². The lowest BCUT2D eigenvalue weighted by atomic mass is 10.3. The van der Waals surface area contributed by atoms with E-state index in [1.807, 2.05) is 0 Å². The number of phenols is 1. The van der Waals surface area contributed by atoms with Crippen molar-refractivity contribution in [2.45, 2.75) is 0 Å². The smallest absolute Gasteiger partial charge is 0.181 e. The largest absolute Gasteiger partial charge is 0.503 e. The third-order valence-corrected chi connectivity index (χ3v) is 1.06. The SMILES string of the molecule is O=Nc1cccc(F)c1O. The number of halogens is 1. The molecule has 0 amide bonds. The normalized spacial score (nSPS) is 9.30. The third kappa shape index (κ3) is 0.953. The number of rotatable bonds is 1. The van der Waals surface area contributed by atoms with Crippen LogP contribution in [0.4, 0.5) is 10.1 Å². The van der Waals surface area contributed by atoms with E-state index in [0.29, 0.717) is 0 Å². The molecule has 0 unspecified atom stereocenters. The van der Waals surface area contributed by atoms with Crippen molar-refractivity contribution in [1.82, 2.24) is 0 Å². The monoisotopic (exact) mass is 141 g/mol. The average Bonchev–Trinajstić information content (AvgIpc) is 1.95. The molecule has 10 heavy (non-hydrogen) atoms. The molecule has 1 aromatic rings. The van der Waals surface area contributed by atoms with E-state index in [1.165, 1.54) is 12.1 Å². The van der Waals surface area contributed by atoms with Crippen LogP contribution in [0.25, 0.3) is 0 Å². The number of para-hydroxylation sites is 1. The lowest BCUT2D eigenvalue weighted by molar-refractivity contribution is 0.434. The van der Waals surface area contributed by atoms with Crippen LogP contribution in [-0.4, -0.2) is 5.11 Å². The summed E-state index contributed by atoms with van der Waals surface area (Å²) in [4.78, 5) is 9.80. The molecule has 0 saturated carbocycles. The number of aromatic hydroxyl groups is 1. The van der Waals surface area contributed by atoms with Gasteiger partial charge >= 0.3 is 0 Å². The van der Waals surface area contributed by atoms with Crippen LogP contribution >= 0.6 is 0 Å². The molecule has 0 saturated heterocycles. The molecule has 4 heteroatoms. The number of phenolic OH excluding ortho intramolecular Hbond substituents is 1. The summed E-state index contributed by atoms with van der Waals surface area (Å²) in [6.07, 6.45) is 0. The first-order valence-corrected chi connectivity index (χ1v) is 2.56. The number of nitroso groups, excluding NO2 is 1. The molecular weight excluding hydrogens is 137 g/mol. The van der Waals surface area contributed by atoms with Gasteiger partial charge in [-0.25, -0.2) is 4.39 Å². The van der Waals surface area contributed by atoms with E-state index in [2.05, 4.69) is 5.18 Å². The third-order valence-electron chi connectivity index (χ3n) is 1.06. The summed E-state index contributed by atoms with van der Waals surface area (Å²) >= 11 is 0. The first-order valence-electron chi connectivity index (χ1n) is 2.56. The van der Waals surface area contributed by atoms with Gasteiger partial charge in [-0.15, -0.1) is 4.91 Å². The zero-order valence-corrected chi connectivity index (χ0v) is 4.91. The molecule has 52 valence electrons. The van der Waals surface area contributed by atoms with Crippen molar-refractivity contribution in [3.8, 4) is 5.75 Å². The second kappa shape index (κ2) is 2.43. The predicted molar refractivity (Wildman–Crippen MR) is 33.5 cm³/mol. The van der Waals surface area contributed by atoms with E-state index in [-0.39, 0.29) is 5.69 Å². The maximum Gasteiger partial charge on any atom is 0.181 e. The Balaban J connectivity index is 3.27. The Morgan fingerprint density at radius 3 is 2.70 bits per heavy atom. The van der Waals surface area contributed by atoms with Crippen molar-refractivity contribution >= 4 is 5.69 Å². The van der Waals surface area contributed by atoms with Crippen LogP contribution in [0, 0.1) is 10.7 Å². The summed E-state index contributed by atoms with van der Waals surface area (Å²) in [5.41, 5.74) is -0.278. The fourth-order valence-corrected chi connectivity index (χ4v) is 0.578. The molecule has 1 rings (SSSR count). The quantitative estimate of drug-likeness (QED) is 0.607. The molecule has 0 aliphatic carbocycles. The van der Waals surface area contributed by atoms with Crippen LogP contribution in [0.1, 0.15) is 0 Å². The minimum absolute atomic E-state index is 0.278. The van der Waals surface area contributed by atoms with Gasteiger partial charge in [-0.1, -0.05) is 6.07 Å². The van der Waals surface area contributed by atoms with Gasteiger partial charge in [-0.3, -0.25) is 0 Å². The van der Waals surface area contributed by atoms with E-state index < -0.39 is 11.6 Å². The molecule has 0 aliphatic heterocycles. The van der Waals surface area contributed by atoms with Crippen LogP contribution in [0.2, 0.25) is 0 Å². The Morgan fingerprint density at radius 1 is 1.50 bits per heavy atom. The van der Waals surface area contributed by atoms with E-state index >= 15 is 0 Å².